The molecule has 0 aromatic heterocycles. The normalized spacial score (nSPS) is 14.8. The summed E-state index contributed by atoms with van der Waals surface area (Å²) in [6.07, 6.45) is 0. The van der Waals surface area contributed by atoms with Gasteiger partial charge < -0.3 is 14.7 Å². The predicted molar refractivity (Wildman–Crippen MR) is 91.7 cm³/mol. The Morgan fingerprint density at radius 2 is 1.52 bits per heavy atom. The molecule has 1 aromatic rings. The fourth-order valence-electron chi connectivity index (χ4n) is 2.85. The summed E-state index contributed by atoms with van der Waals surface area (Å²) in [5.74, 6) is 0.0584. The van der Waals surface area contributed by atoms with Gasteiger partial charge in [0.05, 0.1) is 0 Å². The third kappa shape index (κ3) is 3.84. The first-order valence-electron chi connectivity index (χ1n) is 8.38. The molecule has 1 fully saturated rings. The standard InChI is InChI=1S/C18H27N3O2/c1-5-19(6-2)18(23)21-11-9-20(10-12-21)17(22)16-8-7-14(3)15(4)13-16/h7-8,13H,5-6,9-12H2,1-4H3. The van der Waals surface area contributed by atoms with Crippen LogP contribution in [-0.2, 0) is 0 Å². The molecular formula is C18H27N3O2. The van der Waals surface area contributed by atoms with Gasteiger partial charge in [0.25, 0.3) is 5.91 Å². The number of carbonyl (C=O) groups excluding carboxylic acids is 2. The van der Waals surface area contributed by atoms with Crippen LogP contribution in [0, 0.1) is 13.8 Å². The lowest BCUT2D eigenvalue weighted by Crippen LogP contribution is -2.54. The molecule has 1 aliphatic rings. The molecule has 0 atom stereocenters. The highest BCUT2D eigenvalue weighted by molar-refractivity contribution is 5.94. The van der Waals surface area contributed by atoms with E-state index in [2.05, 4.69) is 0 Å². The molecule has 1 saturated heterocycles. The molecule has 1 heterocycles. The maximum atomic E-state index is 12.6. The minimum atomic E-state index is 0.0584. The van der Waals surface area contributed by atoms with Gasteiger partial charge in [0.1, 0.15) is 0 Å². The maximum absolute atomic E-state index is 12.6. The molecular weight excluding hydrogens is 290 g/mol. The van der Waals surface area contributed by atoms with Crippen molar-refractivity contribution in [2.24, 2.45) is 0 Å². The fourth-order valence-corrected chi connectivity index (χ4v) is 2.85. The molecule has 0 aliphatic carbocycles. The van der Waals surface area contributed by atoms with Gasteiger partial charge in [-0.05, 0) is 51.0 Å². The van der Waals surface area contributed by atoms with Crippen LogP contribution < -0.4 is 0 Å². The van der Waals surface area contributed by atoms with Crippen molar-refractivity contribution in [3.63, 3.8) is 0 Å². The molecule has 23 heavy (non-hydrogen) atoms. The summed E-state index contributed by atoms with van der Waals surface area (Å²) in [4.78, 5) is 30.4. The van der Waals surface area contributed by atoms with Crippen molar-refractivity contribution in [1.29, 1.82) is 0 Å². The number of hydrogen-bond acceptors (Lipinski definition) is 2. The molecule has 5 heteroatoms. The highest BCUT2D eigenvalue weighted by atomic mass is 16.2. The van der Waals surface area contributed by atoms with E-state index in [4.69, 9.17) is 0 Å². The van der Waals surface area contributed by atoms with E-state index in [1.165, 1.54) is 5.56 Å². The topological polar surface area (TPSA) is 43.9 Å². The van der Waals surface area contributed by atoms with Crippen molar-refractivity contribution in [2.45, 2.75) is 27.7 Å². The minimum Gasteiger partial charge on any atom is -0.335 e. The number of piperazine rings is 1. The van der Waals surface area contributed by atoms with E-state index < -0.39 is 0 Å². The smallest absolute Gasteiger partial charge is 0.320 e. The van der Waals surface area contributed by atoms with Crippen LogP contribution in [-0.4, -0.2) is 65.9 Å². The monoisotopic (exact) mass is 317 g/mol. The Morgan fingerprint density at radius 1 is 0.957 bits per heavy atom. The maximum Gasteiger partial charge on any atom is 0.320 e. The van der Waals surface area contributed by atoms with Crippen molar-refractivity contribution in [2.75, 3.05) is 39.3 Å². The summed E-state index contributed by atoms with van der Waals surface area (Å²) in [5.41, 5.74) is 3.05. The third-order valence-corrected chi connectivity index (χ3v) is 4.63. The van der Waals surface area contributed by atoms with Gasteiger partial charge in [-0.3, -0.25) is 4.79 Å². The molecule has 0 saturated carbocycles. The molecule has 126 valence electrons. The second-order valence-electron chi connectivity index (χ2n) is 6.03. The van der Waals surface area contributed by atoms with Gasteiger partial charge in [-0.1, -0.05) is 6.07 Å². The fraction of sp³-hybridized carbons (Fsp3) is 0.556. The Balaban J connectivity index is 1.97. The Bertz CT molecular complexity index is 574. The van der Waals surface area contributed by atoms with Crippen molar-refractivity contribution in [3.8, 4) is 0 Å². The highest BCUT2D eigenvalue weighted by Gasteiger charge is 2.26. The van der Waals surface area contributed by atoms with Gasteiger partial charge >= 0.3 is 6.03 Å². The molecule has 0 unspecified atom stereocenters. The first-order valence-corrected chi connectivity index (χ1v) is 8.38. The van der Waals surface area contributed by atoms with Crippen LogP contribution in [0.2, 0.25) is 0 Å². The van der Waals surface area contributed by atoms with Gasteiger partial charge in [-0.2, -0.15) is 0 Å². The van der Waals surface area contributed by atoms with Gasteiger partial charge in [-0.15, -0.1) is 0 Å². The van der Waals surface area contributed by atoms with Crippen LogP contribution in [0.25, 0.3) is 0 Å². The summed E-state index contributed by atoms with van der Waals surface area (Å²) in [7, 11) is 0. The number of amides is 3. The van der Waals surface area contributed by atoms with Crippen LogP contribution in [0.5, 0.6) is 0 Å². The predicted octanol–water partition coefficient (Wildman–Crippen LogP) is 2.52. The van der Waals surface area contributed by atoms with Crippen molar-refractivity contribution < 1.29 is 9.59 Å². The van der Waals surface area contributed by atoms with E-state index >= 15 is 0 Å². The second kappa shape index (κ2) is 7.49. The van der Waals surface area contributed by atoms with Crippen LogP contribution >= 0.6 is 0 Å². The average Bonchev–Trinajstić information content (AvgIpc) is 2.58. The zero-order valence-electron chi connectivity index (χ0n) is 14.6. The highest BCUT2D eigenvalue weighted by Crippen LogP contribution is 2.14. The summed E-state index contributed by atoms with van der Waals surface area (Å²) < 4.78 is 0. The van der Waals surface area contributed by atoms with Crippen molar-refractivity contribution in [3.05, 3.63) is 34.9 Å². The second-order valence-corrected chi connectivity index (χ2v) is 6.03. The van der Waals surface area contributed by atoms with E-state index in [1.54, 1.807) is 0 Å². The van der Waals surface area contributed by atoms with Gasteiger partial charge in [-0.25, -0.2) is 4.79 Å². The lowest BCUT2D eigenvalue weighted by atomic mass is 10.1. The first kappa shape index (κ1) is 17.3. The molecule has 1 aliphatic heterocycles. The van der Waals surface area contributed by atoms with Crippen LogP contribution in [0.15, 0.2) is 18.2 Å². The number of rotatable bonds is 3. The summed E-state index contributed by atoms with van der Waals surface area (Å²) >= 11 is 0. The average molecular weight is 317 g/mol. The van der Waals surface area contributed by atoms with Gasteiger partial charge in [0, 0.05) is 44.8 Å². The summed E-state index contributed by atoms with van der Waals surface area (Å²) in [6, 6.07) is 5.90. The number of urea groups is 1. The molecule has 1 aromatic carbocycles. The number of nitrogens with zero attached hydrogens (tertiary/aromatic N) is 3. The molecule has 0 radical (unpaired) electrons. The molecule has 0 N–H and O–H groups in total. The molecule has 3 amide bonds. The molecule has 5 nitrogen and oxygen atoms in total. The number of hydrogen-bond donors (Lipinski definition) is 0. The number of benzene rings is 1. The molecule has 0 spiro atoms. The quantitative estimate of drug-likeness (QED) is 0.860. The van der Waals surface area contributed by atoms with E-state index in [-0.39, 0.29) is 11.9 Å². The van der Waals surface area contributed by atoms with Crippen LogP contribution in [0.3, 0.4) is 0 Å². The van der Waals surface area contributed by atoms with Crippen molar-refractivity contribution >= 4 is 11.9 Å². The van der Waals surface area contributed by atoms with E-state index in [9.17, 15) is 9.59 Å². The van der Waals surface area contributed by atoms with E-state index in [0.717, 1.165) is 24.2 Å². The Labute approximate surface area is 138 Å². The van der Waals surface area contributed by atoms with E-state index in [1.807, 2.05) is 60.6 Å². The molecule has 2 rings (SSSR count). The SMILES string of the molecule is CCN(CC)C(=O)N1CCN(C(=O)c2ccc(C)c(C)c2)CC1. The Morgan fingerprint density at radius 3 is 2.04 bits per heavy atom. The zero-order chi connectivity index (χ0) is 17.0. The lowest BCUT2D eigenvalue weighted by Gasteiger charge is -2.37. The number of carbonyl (C=O) groups is 2. The zero-order valence-corrected chi connectivity index (χ0v) is 14.6. The lowest BCUT2D eigenvalue weighted by molar-refractivity contribution is 0.0641. The minimum absolute atomic E-state index is 0.0584. The Kier molecular flexibility index (Phi) is 5.64. The van der Waals surface area contributed by atoms with Crippen molar-refractivity contribution in [1.82, 2.24) is 14.7 Å². The van der Waals surface area contributed by atoms with Gasteiger partial charge in [0.15, 0.2) is 0 Å². The summed E-state index contributed by atoms with van der Waals surface area (Å²) in [5, 5.41) is 0. The first-order chi connectivity index (χ1) is 11.0. The van der Waals surface area contributed by atoms with Crippen LogP contribution in [0.1, 0.15) is 35.3 Å². The van der Waals surface area contributed by atoms with E-state index in [0.29, 0.717) is 26.2 Å². The number of aryl methyl sites for hydroxylation is 2. The van der Waals surface area contributed by atoms with Gasteiger partial charge in [0.2, 0.25) is 0 Å². The Hall–Kier alpha value is -2.04. The van der Waals surface area contributed by atoms with Crippen LogP contribution in [0.4, 0.5) is 4.79 Å². The summed E-state index contributed by atoms with van der Waals surface area (Å²) in [6.45, 7) is 11.9. The third-order valence-electron chi connectivity index (χ3n) is 4.63. The largest absolute Gasteiger partial charge is 0.335 e. The molecule has 0 bridgehead atoms.